The normalized spacial score (nSPS) is 10.5. The minimum absolute atomic E-state index is 0.190. The maximum absolute atomic E-state index is 12.3. The van der Waals surface area contributed by atoms with Crippen LogP contribution >= 0.6 is 0 Å². The number of nitrogens with zero attached hydrogens (tertiary/aromatic N) is 3. The lowest BCUT2D eigenvalue weighted by atomic mass is 10.2. The number of carbonyl (C=O) groups excluding carboxylic acids is 1. The molecule has 0 bridgehead atoms. The minimum atomic E-state index is -0.566. The summed E-state index contributed by atoms with van der Waals surface area (Å²) in [5.41, 5.74) is 5.89. The lowest BCUT2D eigenvalue weighted by Crippen LogP contribution is -2.38. The Morgan fingerprint density at radius 2 is 2.15 bits per heavy atom. The van der Waals surface area contributed by atoms with E-state index in [0.29, 0.717) is 16.7 Å². The van der Waals surface area contributed by atoms with Gasteiger partial charge in [0.15, 0.2) is 17.5 Å². The molecule has 0 saturated heterocycles. The summed E-state index contributed by atoms with van der Waals surface area (Å²) in [4.78, 5) is 30.3. The number of pyridine rings is 1. The fraction of sp³-hybridized carbons (Fsp3) is 0.0625. The number of rotatable bonds is 4. The second kappa shape index (κ2) is 6.51. The number of nitrogens with two attached hydrogens (primary N) is 1. The van der Waals surface area contributed by atoms with Gasteiger partial charge in [-0.15, -0.1) is 0 Å². The van der Waals surface area contributed by atoms with E-state index in [4.69, 9.17) is 15.9 Å². The highest BCUT2D eigenvalue weighted by Crippen LogP contribution is 2.31. The zero-order chi connectivity index (χ0) is 18.8. The van der Waals surface area contributed by atoms with Gasteiger partial charge in [-0.1, -0.05) is 12.1 Å². The van der Waals surface area contributed by atoms with E-state index in [2.05, 4.69) is 9.97 Å². The molecule has 0 spiro atoms. The largest absolute Gasteiger partial charge is 0.453 e. The quantitative estimate of drug-likeness (QED) is 0.283. The maximum atomic E-state index is 12.3. The maximum Gasteiger partial charge on any atom is 0.291 e. The molecule has 10 nitrogen and oxygen atoms in total. The van der Waals surface area contributed by atoms with Gasteiger partial charge in [0, 0.05) is 12.4 Å². The molecular formula is C16H14N6O4. The monoisotopic (exact) mass is 354 g/mol. The van der Waals surface area contributed by atoms with Crippen molar-refractivity contribution in [3.8, 4) is 11.5 Å². The van der Waals surface area contributed by atoms with E-state index in [1.165, 1.54) is 19.3 Å². The number of nitrogens with one attached hydrogen (secondary N) is 2. The molecule has 0 aliphatic carbocycles. The molecule has 0 aliphatic heterocycles. The van der Waals surface area contributed by atoms with Gasteiger partial charge in [0.1, 0.15) is 11.9 Å². The lowest BCUT2D eigenvalue weighted by Gasteiger charge is -2.12. The zero-order valence-corrected chi connectivity index (χ0v) is 13.6. The van der Waals surface area contributed by atoms with Crippen molar-refractivity contribution in [1.82, 2.24) is 14.9 Å². The Bertz CT molecular complexity index is 1030. The van der Waals surface area contributed by atoms with E-state index < -0.39 is 10.8 Å². The van der Waals surface area contributed by atoms with E-state index in [-0.39, 0.29) is 23.1 Å². The fourth-order valence-corrected chi connectivity index (χ4v) is 2.31. The summed E-state index contributed by atoms with van der Waals surface area (Å²) in [6.45, 7) is 0. The average molecular weight is 354 g/mol. The average Bonchev–Trinajstić information content (AvgIpc) is 3.06. The number of ether oxygens (including phenoxy) is 1. The molecular weight excluding hydrogens is 340 g/mol. The third-order valence-electron chi connectivity index (χ3n) is 3.65. The first-order chi connectivity index (χ1) is 12.4. The molecule has 2 aromatic heterocycles. The first-order valence-corrected chi connectivity index (χ1v) is 7.38. The van der Waals surface area contributed by atoms with Crippen LogP contribution in [0.4, 0.5) is 5.69 Å². The van der Waals surface area contributed by atoms with E-state index in [9.17, 15) is 14.9 Å². The van der Waals surface area contributed by atoms with Crippen LogP contribution in [0.15, 0.2) is 42.7 Å². The number of hydrogen-bond acceptors (Lipinski definition) is 6. The van der Waals surface area contributed by atoms with Gasteiger partial charge in [-0.05, 0) is 12.1 Å². The van der Waals surface area contributed by atoms with Gasteiger partial charge in [-0.3, -0.25) is 30.2 Å². The molecule has 4 N–H and O–H groups in total. The first-order valence-electron chi connectivity index (χ1n) is 7.38. The summed E-state index contributed by atoms with van der Waals surface area (Å²) in [7, 11) is 1.39. The Balaban J connectivity index is 1.97. The number of aromatic amines is 1. The zero-order valence-electron chi connectivity index (χ0n) is 13.6. The third-order valence-corrected chi connectivity index (χ3v) is 3.65. The summed E-state index contributed by atoms with van der Waals surface area (Å²) in [5, 5.41) is 18.9. The van der Waals surface area contributed by atoms with Crippen molar-refractivity contribution in [3.63, 3.8) is 0 Å². The molecule has 10 heteroatoms. The standard InChI is InChI=1S/C16H14N6O4/c1-21(16(17)18)15(23)12-5-9-3-2-4-13(14(9)20-12)26-11-6-10(22(24)25)7-19-8-11/h2-8,20H,1H3,(H3,17,18). The highest BCUT2D eigenvalue weighted by Gasteiger charge is 2.18. The topological polar surface area (TPSA) is 151 Å². The van der Waals surface area contributed by atoms with Crippen LogP contribution in [-0.2, 0) is 0 Å². The summed E-state index contributed by atoms with van der Waals surface area (Å²) in [6.07, 6.45) is 2.47. The van der Waals surface area contributed by atoms with Crippen molar-refractivity contribution in [1.29, 1.82) is 5.41 Å². The number of carbonyl (C=O) groups is 1. The highest BCUT2D eigenvalue weighted by atomic mass is 16.6. The molecule has 0 radical (unpaired) electrons. The third kappa shape index (κ3) is 3.15. The van der Waals surface area contributed by atoms with E-state index >= 15 is 0 Å². The van der Waals surface area contributed by atoms with Crippen LogP contribution in [0, 0.1) is 15.5 Å². The second-order valence-corrected chi connectivity index (χ2v) is 5.39. The van der Waals surface area contributed by atoms with Crippen molar-refractivity contribution < 1.29 is 14.5 Å². The molecule has 3 rings (SSSR count). The predicted octanol–water partition coefficient (Wildman–Crippen LogP) is 2.23. The number of aromatic nitrogens is 2. The van der Waals surface area contributed by atoms with E-state index in [1.54, 1.807) is 24.3 Å². The number of H-pyrrole nitrogens is 1. The molecule has 0 atom stereocenters. The lowest BCUT2D eigenvalue weighted by molar-refractivity contribution is -0.385. The van der Waals surface area contributed by atoms with Gasteiger partial charge in [0.05, 0.1) is 22.7 Å². The molecule has 0 aliphatic rings. The van der Waals surface area contributed by atoms with Crippen molar-refractivity contribution in [3.05, 3.63) is 58.5 Å². The number of benzene rings is 1. The summed E-state index contributed by atoms with van der Waals surface area (Å²) in [5.74, 6) is -0.297. The van der Waals surface area contributed by atoms with Crippen LogP contribution in [0.5, 0.6) is 11.5 Å². The van der Waals surface area contributed by atoms with Gasteiger partial charge in [-0.2, -0.15) is 0 Å². The Kier molecular flexibility index (Phi) is 4.23. The van der Waals surface area contributed by atoms with Gasteiger partial charge in [0.2, 0.25) is 0 Å². The van der Waals surface area contributed by atoms with Crippen LogP contribution in [0.1, 0.15) is 10.5 Å². The molecule has 1 aromatic carbocycles. The number of amides is 1. The molecule has 1 amide bonds. The Hall–Kier alpha value is -3.95. The number of hydrogen-bond donors (Lipinski definition) is 3. The van der Waals surface area contributed by atoms with Crippen LogP contribution in [0.25, 0.3) is 10.9 Å². The van der Waals surface area contributed by atoms with Crippen molar-refractivity contribution in [2.24, 2.45) is 5.73 Å². The SMILES string of the molecule is CN(C(=N)N)C(=O)c1cc2cccc(Oc3cncc([N+](=O)[O-])c3)c2[nH]1. The number of para-hydroxylation sites is 1. The number of guanidine groups is 1. The first kappa shape index (κ1) is 16.9. The Morgan fingerprint density at radius 3 is 2.85 bits per heavy atom. The summed E-state index contributed by atoms with van der Waals surface area (Å²) in [6, 6.07) is 8.01. The molecule has 132 valence electrons. The molecule has 26 heavy (non-hydrogen) atoms. The van der Waals surface area contributed by atoms with Crippen LogP contribution in [0.2, 0.25) is 0 Å². The van der Waals surface area contributed by atoms with Crippen LogP contribution in [0.3, 0.4) is 0 Å². The molecule has 3 aromatic rings. The number of fused-ring (bicyclic) bond motifs is 1. The van der Waals surface area contributed by atoms with Crippen molar-refractivity contribution >= 4 is 28.5 Å². The Labute approximate surface area is 146 Å². The van der Waals surface area contributed by atoms with Gasteiger partial charge >= 0.3 is 0 Å². The Morgan fingerprint density at radius 1 is 1.38 bits per heavy atom. The van der Waals surface area contributed by atoms with Crippen molar-refractivity contribution in [2.45, 2.75) is 0 Å². The molecule has 0 saturated carbocycles. The summed E-state index contributed by atoms with van der Waals surface area (Å²) < 4.78 is 5.69. The minimum Gasteiger partial charge on any atom is -0.453 e. The van der Waals surface area contributed by atoms with Gasteiger partial charge in [0.25, 0.3) is 11.6 Å². The predicted molar refractivity (Wildman–Crippen MR) is 93.3 cm³/mol. The fourth-order valence-electron chi connectivity index (χ4n) is 2.31. The number of nitro groups is 1. The van der Waals surface area contributed by atoms with Crippen molar-refractivity contribution in [2.75, 3.05) is 7.05 Å². The molecule has 2 heterocycles. The van der Waals surface area contributed by atoms with Crippen LogP contribution in [-0.4, -0.2) is 38.7 Å². The van der Waals surface area contributed by atoms with E-state index in [1.807, 2.05) is 0 Å². The molecule has 0 fully saturated rings. The van der Waals surface area contributed by atoms with E-state index in [0.717, 1.165) is 11.1 Å². The summed E-state index contributed by atoms with van der Waals surface area (Å²) >= 11 is 0. The second-order valence-electron chi connectivity index (χ2n) is 5.39. The molecule has 0 unspecified atom stereocenters. The smallest absolute Gasteiger partial charge is 0.291 e. The van der Waals surface area contributed by atoms with Gasteiger partial charge in [-0.25, -0.2) is 0 Å². The highest BCUT2D eigenvalue weighted by molar-refractivity contribution is 6.06. The van der Waals surface area contributed by atoms with Gasteiger partial charge < -0.3 is 15.5 Å². The van der Waals surface area contributed by atoms with Crippen LogP contribution < -0.4 is 10.5 Å².